The molecule has 1 aliphatic rings. The van der Waals surface area contributed by atoms with Gasteiger partial charge in [0.1, 0.15) is 17.6 Å². The fourth-order valence-electron chi connectivity index (χ4n) is 4.09. The lowest BCUT2D eigenvalue weighted by Gasteiger charge is -2.21. The average Bonchev–Trinajstić information content (AvgIpc) is 3.58. The second-order valence-corrected chi connectivity index (χ2v) is 10.4. The summed E-state index contributed by atoms with van der Waals surface area (Å²) < 4.78 is 6.71. The van der Waals surface area contributed by atoms with Crippen LogP contribution in [0.5, 0.6) is 5.75 Å². The number of thiazole rings is 1. The first-order valence-electron chi connectivity index (χ1n) is 11.4. The number of carbonyl (C=O) groups excluding carboxylic acids is 2. The van der Waals surface area contributed by atoms with Crippen molar-refractivity contribution in [2.75, 3.05) is 11.5 Å². The van der Waals surface area contributed by atoms with Gasteiger partial charge in [0.25, 0.3) is 5.78 Å². The van der Waals surface area contributed by atoms with Crippen LogP contribution >= 0.6 is 22.7 Å². The van der Waals surface area contributed by atoms with Crippen molar-refractivity contribution in [2.45, 2.75) is 32.7 Å². The van der Waals surface area contributed by atoms with E-state index in [1.165, 1.54) is 27.6 Å². The summed E-state index contributed by atoms with van der Waals surface area (Å²) in [5.74, 6) is -1.04. The molecule has 1 saturated heterocycles. The first kappa shape index (κ1) is 23.3. The van der Waals surface area contributed by atoms with Gasteiger partial charge in [0, 0.05) is 10.4 Å². The number of carbonyl (C=O) groups is 2. The quantitative estimate of drug-likeness (QED) is 0.135. The molecular formula is C27H24N2O4S2. The van der Waals surface area contributed by atoms with Gasteiger partial charge in [-0.2, -0.15) is 0 Å². The first-order valence-corrected chi connectivity index (χ1v) is 13.1. The molecular weight excluding hydrogens is 480 g/mol. The molecule has 178 valence electrons. The Labute approximate surface area is 211 Å². The number of anilines is 1. The van der Waals surface area contributed by atoms with Gasteiger partial charge < -0.3 is 9.84 Å². The van der Waals surface area contributed by atoms with Gasteiger partial charge in [-0.25, -0.2) is 4.98 Å². The summed E-state index contributed by atoms with van der Waals surface area (Å²) in [7, 11) is 0. The van der Waals surface area contributed by atoms with Gasteiger partial charge in [0.05, 0.1) is 22.4 Å². The molecule has 1 aliphatic heterocycles. The Kier molecular flexibility index (Phi) is 6.40. The van der Waals surface area contributed by atoms with Crippen LogP contribution in [0.4, 0.5) is 5.13 Å². The first-order chi connectivity index (χ1) is 17.0. The summed E-state index contributed by atoms with van der Waals surface area (Å²) in [6, 6.07) is 15.8. The molecule has 6 nitrogen and oxygen atoms in total. The largest absolute Gasteiger partial charge is 0.507 e. The third-order valence-corrected chi connectivity index (χ3v) is 7.81. The number of unbranched alkanes of at least 4 members (excludes halogenated alkanes) is 1. The lowest BCUT2D eigenvalue weighted by atomic mass is 10.00. The molecule has 35 heavy (non-hydrogen) atoms. The minimum atomic E-state index is -0.763. The number of aromatic nitrogens is 1. The standard InChI is InChI=1S/C27H24N2O4S2/c1-3-4-12-33-18-8-5-7-17(15-18)24(30)22-23(20-9-6-13-34-20)29(26(32)25(22)31)27-28-19-11-10-16(2)14-21(19)35-27/h5-11,13-15,23,30H,3-4,12H2,1-2H3/b24-22+. The van der Waals surface area contributed by atoms with Crippen LogP contribution in [-0.4, -0.2) is 28.4 Å². The smallest absolute Gasteiger partial charge is 0.301 e. The van der Waals surface area contributed by atoms with Crippen LogP contribution in [0.1, 0.15) is 41.8 Å². The van der Waals surface area contributed by atoms with Crippen LogP contribution in [0.2, 0.25) is 0 Å². The van der Waals surface area contributed by atoms with Crippen LogP contribution in [0.25, 0.3) is 16.0 Å². The van der Waals surface area contributed by atoms with Crippen molar-refractivity contribution in [3.8, 4) is 5.75 Å². The highest BCUT2D eigenvalue weighted by Crippen LogP contribution is 2.45. The number of aliphatic hydroxyl groups is 1. The maximum atomic E-state index is 13.3. The Morgan fingerprint density at radius 1 is 1.14 bits per heavy atom. The van der Waals surface area contributed by atoms with Crippen molar-refractivity contribution in [3.05, 3.63) is 81.6 Å². The number of hydrogen-bond acceptors (Lipinski definition) is 7. The Morgan fingerprint density at radius 2 is 2.00 bits per heavy atom. The van der Waals surface area contributed by atoms with Crippen molar-refractivity contribution in [3.63, 3.8) is 0 Å². The molecule has 3 heterocycles. The number of fused-ring (bicyclic) bond motifs is 1. The topological polar surface area (TPSA) is 79.7 Å². The zero-order valence-electron chi connectivity index (χ0n) is 19.4. The number of aliphatic hydroxyl groups excluding tert-OH is 1. The number of ketones is 1. The molecule has 0 radical (unpaired) electrons. The van der Waals surface area contributed by atoms with Crippen molar-refractivity contribution in [1.82, 2.24) is 4.98 Å². The number of ether oxygens (including phenoxy) is 1. The molecule has 2 aromatic heterocycles. The molecule has 1 amide bonds. The minimum Gasteiger partial charge on any atom is -0.507 e. The Bertz CT molecular complexity index is 1440. The number of rotatable bonds is 7. The zero-order valence-corrected chi connectivity index (χ0v) is 21.0. The van der Waals surface area contributed by atoms with E-state index in [-0.39, 0.29) is 11.3 Å². The molecule has 8 heteroatoms. The molecule has 0 bridgehead atoms. The number of aryl methyl sites for hydroxylation is 1. The summed E-state index contributed by atoms with van der Waals surface area (Å²) >= 11 is 2.79. The SMILES string of the molecule is CCCCOc1cccc(/C(O)=C2\C(=O)C(=O)N(c3nc4ccc(C)cc4s3)C2c2cccs2)c1. The molecule has 0 saturated carbocycles. The van der Waals surface area contributed by atoms with E-state index >= 15 is 0 Å². The Balaban J connectivity index is 1.61. The maximum absolute atomic E-state index is 13.3. The highest BCUT2D eigenvalue weighted by Gasteiger charge is 2.48. The van der Waals surface area contributed by atoms with Crippen molar-refractivity contribution < 1.29 is 19.4 Å². The van der Waals surface area contributed by atoms with E-state index < -0.39 is 17.7 Å². The second-order valence-electron chi connectivity index (χ2n) is 8.38. The Hall–Kier alpha value is -3.49. The lowest BCUT2D eigenvalue weighted by molar-refractivity contribution is -0.132. The molecule has 1 fully saturated rings. The molecule has 0 spiro atoms. The lowest BCUT2D eigenvalue weighted by Crippen LogP contribution is -2.28. The van der Waals surface area contributed by atoms with Gasteiger partial charge in [-0.05, 0) is 54.6 Å². The van der Waals surface area contributed by atoms with Gasteiger partial charge in [0.15, 0.2) is 5.13 Å². The van der Waals surface area contributed by atoms with E-state index in [1.54, 1.807) is 18.2 Å². The minimum absolute atomic E-state index is 0.0543. The molecule has 1 unspecified atom stereocenters. The molecule has 1 atom stereocenters. The summed E-state index contributed by atoms with van der Waals surface area (Å²) in [6.45, 7) is 4.65. The summed E-state index contributed by atoms with van der Waals surface area (Å²) in [6.07, 6.45) is 1.93. The van der Waals surface area contributed by atoms with Crippen LogP contribution in [0, 0.1) is 6.92 Å². The van der Waals surface area contributed by atoms with Crippen LogP contribution in [-0.2, 0) is 9.59 Å². The van der Waals surface area contributed by atoms with E-state index in [0.29, 0.717) is 23.1 Å². The van der Waals surface area contributed by atoms with Crippen LogP contribution in [0.15, 0.2) is 65.6 Å². The summed E-state index contributed by atoms with van der Waals surface area (Å²) in [5, 5.41) is 13.6. The zero-order chi connectivity index (χ0) is 24.5. The predicted octanol–water partition coefficient (Wildman–Crippen LogP) is 6.47. The second kappa shape index (κ2) is 9.64. The third-order valence-electron chi connectivity index (χ3n) is 5.87. The van der Waals surface area contributed by atoms with E-state index in [0.717, 1.165) is 33.5 Å². The van der Waals surface area contributed by atoms with Gasteiger partial charge in [-0.1, -0.05) is 48.9 Å². The molecule has 0 aliphatic carbocycles. The van der Waals surface area contributed by atoms with E-state index in [4.69, 9.17) is 4.74 Å². The number of benzene rings is 2. The van der Waals surface area contributed by atoms with Crippen molar-refractivity contribution in [1.29, 1.82) is 0 Å². The number of hydrogen-bond donors (Lipinski definition) is 1. The molecule has 2 aromatic carbocycles. The van der Waals surface area contributed by atoms with Gasteiger partial charge in [-0.3, -0.25) is 14.5 Å². The van der Waals surface area contributed by atoms with E-state index in [9.17, 15) is 14.7 Å². The Morgan fingerprint density at radius 3 is 2.77 bits per heavy atom. The van der Waals surface area contributed by atoms with Gasteiger partial charge in [0.2, 0.25) is 0 Å². The average molecular weight is 505 g/mol. The van der Waals surface area contributed by atoms with Crippen LogP contribution in [0.3, 0.4) is 0 Å². The highest BCUT2D eigenvalue weighted by atomic mass is 32.1. The molecule has 4 aromatic rings. The number of amides is 1. The van der Waals surface area contributed by atoms with E-state index in [2.05, 4.69) is 11.9 Å². The van der Waals surface area contributed by atoms with Gasteiger partial charge in [-0.15, -0.1) is 11.3 Å². The maximum Gasteiger partial charge on any atom is 0.301 e. The normalized spacial score (nSPS) is 17.4. The number of nitrogens with zero attached hydrogens (tertiary/aromatic N) is 2. The van der Waals surface area contributed by atoms with Gasteiger partial charge >= 0.3 is 5.91 Å². The van der Waals surface area contributed by atoms with E-state index in [1.807, 2.05) is 48.7 Å². The summed E-state index contributed by atoms with van der Waals surface area (Å²) in [5.41, 5.74) is 2.34. The fraction of sp³-hybridized carbons (Fsp3) is 0.222. The number of Topliss-reactive ketones (excluding diaryl/α,β-unsaturated/α-hetero) is 1. The summed E-state index contributed by atoms with van der Waals surface area (Å²) in [4.78, 5) is 33.5. The third kappa shape index (κ3) is 4.35. The molecule has 5 rings (SSSR count). The van der Waals surface area contributed by atoms with Crippen LogP contribution < -0.4 is 9.64 Å². The van der Waals surface area contributed by atoms with Crippen molar-refractivity contribution in [2.24, 2.45) is 0 Å². The van der Waals surface area contributed by atoms with Crippen molar-refractivity contribution >= 4 is 55.5 Å². The molecule has 1 N–H and O–H groups in total. The number of thiophene rings is 1. The fourth-order valence-corrected chi connectivity index (χ4v) is 6.01. The predicted molar refractivity (Wildman–Crippen MR) is 140 cm³/mol. The monoisotopic (exact) mass is 504 g/mol. The highest BCUT2D eigenvalue weighted by molar-refractivity contribution is 7.22.